The zero-order valence-electron chi connectivity index (χ0n) is 17.8. The van der Waals surface area contributed by atoms with Crippen LogP contribution in [0.5, 0.6) is 5.75 Å². The predicted octanol–water partition coefficient (Wildman–Crippen LogP) is 5.42. The second-order valence-electron chi connectivity index (χ2n) is 7.87. The lowest BCUT2D eigenvalue weighted by atomic mass is 10.0. The van der Waals surface area contributed by atoms with Crippen LogP contribution >= 0.6 is 0 Å². The molecule has 3 aromatic rings. The number of ether oxygens (including phenoxy) is 1. The highest BCUT2D eigenvalue weighted by Gasteiger charge is 2.25. The van der Waals surface area contributed by atoms with E-state index < -0.39 is 5.60 Å². The number of anilines is 1. The van der Waals surface area contributed by atoms with E-state index in [1.165, 1.54) is 5.56 Å². The lowest BCUT2D eigenvalue weighted by Crippen LogP contribution is -2.36. The molecule has 0 bridgehead atoms. The molecule has 0 unspecified atom stereocenters. The fourth-order valence-electron chi connectivity index (χ4n) is 3.13. The molecule has 29 heavy (non-hydrogen) atoms. The number of rotatable bonds is 10. The van der Waals surface area contributed by atoms with Crippen LogP contribution < -0.4 is 9.64 Å². The third kappa shape index (κ3) is 5.37. The maximum atomic E-state index is 11.6. The van der Waals surface area contributed by atoms with Crippen molar-refractivity contribution in [2.75, 3.05) is 18.0 Å². The van der Waals surface area contributed by atoms with Crippen LogP contribution in [0.2, 0.25) is 0 Å². The van der Waals surface area contributed by atoms with E-state index in [-0.39, 0.29) is 5.78 Å². The van der Waals surface area contributed by atoms with Crippen molar-refractivity contribution in [3.8, 4) is 5.75 Å². The van der Waals surface area contributed by atoms with Crippen molar-refractivity contribution in [2.24, 2.45) is 0 Å². The molecule has 0 aliphatic rings. The summed E-state index contributed by atoms with van der Waals surface area (Å²) in [5.74, 6) is 0.727. The van der Waals surface area contributed by atoms with Crippen molar-refractivity contribution in [1.29, 1.82) is 0 Å². The smallest absolute Gasteiger partial charge is 0.298 e. The van der Waals surface area contributed by atoms with Gasteiger partial charge in [-0.2, -0.15) is 4.98 Å². The Morgan fingerprint density at radius 3 is 2.48 bits per heavy atom. The highest BCUT2D eigenvalue weighted by molar-refractivity contribution is 5.84. The molecule has 0 radical (unpaired) electrons. The summed E-state index contributed by atoms with van der Waals surface area (Å²) in [6.45, 7) is 9.09. The molecule has 0 saturated heterocycles. The van der Waals surface area contributed by atoms with Gasteiger partial charge >= 0.3 is 0 Å². The van der Waals surface area contributed by atoms with Crippen LogP contribution in [-0.4, -0.2) is 29.5 Å². The first kappa shape index (κ1) is 20.9. The van der Waals surface area contributed by atoms with Gasteiger partial charge in [0.05, 0.1) is 0 Å². The van der Waals surface area contributed by atoms with Crippen molar-refractivity contribution in [1.82, 2.24) is 4.98 Å². The minimum atomic E-state index is -0.804. The number of aromatic nitrogens is 1. The predicted molar refractivity (Wildman–Crippen MR) is 117 cm³/mol. The largest absolute Gasteiger partial charge is 0.480 e. The highest BCUT2D eigenvalue weighted by Crippen LogP contribution is 2.23. The zero-order valence-corrected chi connectivity index (χ0v) is 17.8. The van der Waals surface area contributed by atoms with Gasteiger partial charge in [0.15, 0.2) is 17.0 Å². The zero-order chi connectivity index (χ0) is 20.9. The van der Waals surface area contributed by atoms with Gasteiger partial charge in [0.1, 0.15) is 11.3 Å². The van der Waals surface area contributed by atoms with E-state index >= 15 is 0 Å². The van der Waals surface area contributed by atoms with E-state index in [4.69, 9.17) is 9.15 Å². The number of para-hydroxylation sites is 2. The molecule has 0 N–H and O–H groups in total. The number of oxazole rings is 1. The van der Waals surface area contributed by atoms with Gasteiger partial charge in [-0.25, -0.2) is 0 Å². The van der Waals surface area contributed by atoms with Crippen LogP contribution in [0.25, 0.3) is 11.1 Å². The van der Waals surface area contributed by atoms with Gasteiger partial charge < -0.3 is 14.1 Å². The quantitative estimate of drug-likeness (QED) is 0.459. The molecule has 0 aliphatic heterocycles. The van der Waals surface area contributed by atoms with Gasteiger partial charge in [0.2, 0.25) is 0 Å². The van der Waals surface area contributed by atoms with Gasteiger partial charge in [-0.05, 0) is 69.9 Å². The summed E-state index contributed by atoms with van der Waals surface area (Å²) in [5, 5.41) is 0. The van der Waals surface area contributed by atoms with Crippen molar-refractivity contribution in [3.63, 3.8) is 0 Å². The van der Waals surface area contributed by atoms with E-state index in [2.05, 4.69) is 28.9 Å². The molecule has 0 spiro atoms. The average molecular weight is 395 g/mol. The molecule has 0 saturated carbocycles. The third-order valence-electron chi connectivity index (χ3n) is 5.08. The Morgan fingerprint density at radius 1 is 1.10 bits per heavy atom. The lowest BCUT2D eigenvalue weighted by molar-refractivity contribution is -0.129. The van der Waals surface area contributed by atoms with Crippen molar-refractivity contribution < 1.29 is 13.9 Å². The molecule has 5 nitrogen and oxygen atoms in total. The number of aryl methyl sites for hydroxylation is 1. The summed E-state index contributed by atoms with van der Waals surface area (Å²) in [7, 11) is 0. The molecule has 0 amide bonds. The first-order valence-corrected chi connectivity index (χ1v) is 10.3. The minimum absolute atomic E-state index is 0.0109. The van der Waals surface area contributed by atoms with Crippen LogP contribution in [0.15, 0.2) is 52.9 Å². The monoisotopic (exact) mass is 394 g/mol. The van der Waals surface area contributed by atoms with Gasteiger partial charge in [-0.1, -0.05) is 31.2 Å². The SMILES string of the molecule is CCCN(CCCc1ccc(OC(C)(C)C(C)=O)cc1)c1nc2ccccc2o1. The van der Waals surface area contributed by atoms with Crippen LogP contribution in [-0.2, 0) is 11.2 Å². The molecule has 2 aromatic carbocycles. The summed E-state index contributed by atoms with van der Waals surface area (Å²) in [5.41, 5.74) is 2.16. The molecule has 1 aromatic heterocycles. The molecule has 154 valence electrons. The third-order valence-corrected chi connectivity index (χ3v) is 5.08. The van der Waals surface area contributed by atoms with Crippen LogP contribution in [0.3, 0.4) is 0 Å². The number of ketones is 1. The molecule has 5 heteroatoms. The fraction of sp³-hybridized carbons (Fsp3) is 0.417. The average Bonchev–Trinajstić information content (AvgIpc) is 3.12. The number of hydrogen-bond donors (Lipinski definition) is 0. The summed E-state index contributed by atoms with van der Waals surface area (Å²) in [4.78, 5) is 18.5. The number of carbonyl (C=O) groups excluding carboxylic acids is 1. The van der Waals surface area contributed by atoms with E-state index in [1.54, 1.807) is 20.8 Å². The summed E-state index contributed by atoms with van der Waals surface area (Å²) in [6.07, 6.45) is 2.99. The first-order chi connectivity index (χ1) is 13.9. The Kier molecular flexibility index (Phi) is 6.57. The Morgan fingerprint density at radius 2 is 1.83 bits per heavy atom. The molecule has 0 aliphatic carbocycles. The van der Waals surface area contributed by atoms with Crippen LogP contribution in [0.4, 0.5) is 6.01 Å². The Balaban J connectivity index is 1.57. The van der Waals surface area contributed by atoms with E-state index in [0.717, 1.165) is 43.5 Å². The topological polar surface area (TPSA) is 55.6 Å². The summed E-state index contributed by atoms with van der Waals surface area (Å²) in [6, 6.07) is 16.6. The fourth-order valence-corrected chi connectivity index (χ4v) is 3.13. The number of carbonyl (C=O) groups is 1. The summed E-state index contributed by atoms with van der Waals surface area (Å²) >= 11 is 0. The number of nitrogens with zero attached hydrogens (tertiary/aromatic N) is 2. The van der Waals surface area contributed by atoms with Crippen molar-refractivity contribution >= 4 is 22.9 Å². The first-order valence-electron chi connectivity index (χ1n) is 10.3. The number of hydrogen-bond acceptors (Lipinski definition) is 5. The molecular weight excluding hydrogens is 364 g/mol. The van der Waals surface area contributed by atoms with Crippen LogP contribution in [0.1, 0.15) is 46.1 Å². The number of Topliss-reactive ketones (excluding diaryl/α,β-unsaturated/α-hetero) is 1. The van der Waals surface area contributed by atoms with Gasteiger partial charge in [-0.15, -0.1) is 0 Å². The molecule has 0 atom stereocenters. The summed E-state index contributed by atoms with van der Waals surface area (Å²) < 4.78 is 11.7. The molecule has 0 fully saturated rings. The Bertz CT molecular complexity index is 911. The van der Waals surface area contributed by atoms with E-state index in [9.17, 15) is 4.79 Å². The van der Waals surface area contributed by atoms with Gasteiger partial charge in [0, 0.05) is 13.1 Å². The normalized spacial score (nSPS) is 11.6. The molecule has 3 rings (SSSR count). The Labute approximate surface area is 172 Å². The van der Waals surface area contributed by atoms with E-state index in [1.807, 2.05) is 36.4 Å². The molecule has 1 heterocycles. The van der Waals surface area contributed by atoms with Gasteiger partial charge in [0.25, 0.3) is 6.01 Å². The standard InChI is InChI=1S/C24H30N2O3/c1-5-16-26(23-25-21-10-6-7-11-22(21)28-23)17-8-9-19-12-14-20(15-13-19)29-24(3,4)18(2)27/h6-7,10-15H,5,8-9,16-17H2,1-4H3. The minimum Gasteiger partial charge on any atom is -0.480 e. The van der Waals surface area contributed by atoms with Crippen molar-refractivity contribution in [3.05, 3.63) is 54.1 Å². The van der Waals surface area contributed by atoms with Crippen molar-refractivity contribution in [2.45, 2.75) is 52.6 Å². The molecular formula is C24H30N2O3. The number of benzene rings is 2. The highest BCUT2D eigenvalue weighted by atomic mass is 16.5. The van der Waals surface area contributed by atoms with E-state index in [0.29, 0.717) is 11.8 Å². The van der Waals surface area contributed by atoms with Crippen LogP contribution in [0, 0.1) is 0 Å². The second kappa shape index (κ2) is 9.12. The Hall–Kier alpha value is -2.82. The lowest BCUT2D eigenvalue weighted by Gasteiger charge is -2.23. The number of fused-ring (bicyclic) bond motifs is 1. The second-order valence-corrected chi connectivity index (χ2v) is 7.87. The maximum absolute atomic E-state index is 11.6. The van der Waals surface area contributed by atoms with Gasteiger partial charge in [-0.3, -0.25) is 4.79 Å². The maximum Gasteiger partial charge on any atom is 0.298 e.